The quantitative estimate of drug-likeness (QED) is 0.927. The van der Waals surface area contributed by atoms with Crippen LogP contribution in [0.5, 0.6) is 0 Å². The van der Waals surface area contributed by atoms with Gasteiger partial charge in [0.25, 0.3) is 5.91 Å². The highest BCUT2D eigenvalue weighted by atomic mass is 16.6. The second kappa shape index (κ2) is 7.38. The van der Waals surface area contributed by atoms with Crippen LogP contribution in [0.4, 0.5) is 10.5 Å². The van der Waals surface area contributed by atoms with Gasteiger partial charge in [-0.3, -0.25) is 9.48 Å². The fraction of sp³-hybridized carbons (Fsp3) is 0.389. The van der Waals surface area contributed by atoms with Gasteiger partial charge >= 0.3 is 6.09 Å². The van der Waals surface area contributed by atoms with Crippen molar-refractivity contribution >= 4 is 17.7 Å². The monoisotopic (exact) mass is 342 g/mol. The molecule has 1 aromatic heterocycles. The van der Waals surface area contributed by atoms with Gasteiger partial charge in [-0.25, -0.2) is 4.79 Å². The van der Waals surface area contributed by atoms with E-state index in [2.05, 4.69) is 10.4 Å². The number of anilines is 1. The molecular weight excluding hydrogens is 320 g/mol. The Labute approximate surface area is 146 Å². The number of nitrogens with one attached hydrogen (secondary N) is 1. The summed E-state index contributed by atoms with van der Waals surface area (Å²) in [6, 6.07) is 11.0. The van der Waals surface area contributed by atoms with Gasteiger partial charge in [0, 0.05) is 12.2 Å². The van der Waals surface area contributed by atoms with Crippen molar-refractivity contribution in [1.29, 1.82) is 0 Å². The average molecular weight is 342 g/mol. The highest BCUT2D eigenvalue weighted by Crippen LogP contribution is 2.16. The SMILES string of the molecule is CC(C)COC(=O)N1CCn2nc(C(=O)Nc3ccccc3)cc2C1. The van der Waals surface area contributed by atoms with Gasteiger partial charge in [-0.15, -0.1) is 0 Å². The van der Waals surface area contributed by atoms with Crippen molar-refractivity contribution < 1.29 is 14.3 Å². The lowest BCUT2D eigenvalue weighted by atomic mass is 10.2. The van der Waals surface area contributed by atoms with Gasteiger partial charge in [0.2, 0.25) is 0 Å². The number of carbonyl (C=O) groups is 2. The van der Waals surface area contributed by atoms with Gasteiger partial charge in [0.15, 0.2) is 5.69 Å². The Morgan fingerprint density at radius 3 is 2.72 bits per heavy atom. The Balaban J connectivity index is 1.64. The van der Waals surface area contributed by atoms with Crippen LogP contribution in [0, 0.1) is 5.92 Å². The predicted molar refractivity (Wildman–Crippen MR) is 93.2 cm³/mol. The molecule has 1 aromatic carbocycles. The summed E-state index contributed by atoms with van der Waals surface area (Å²) in [6.45, 7) is 5.85. The number of fused-ring (bicyclic) bond motifs is 1. The summed E-state index contributed by atoms with van der Waals surface area (Å²) in [6.07, 6.45) is -0.323. The Morgan fingerprint density at radius 1 is 1.24 bits per heavy atom. The first-order valence-corrected chi connectivity index (χ1v) is 8.38. The molecule has 2 amide bonds. The number of aromatic nitrogens is 2. The van der Waals surface area contributed by atoms with Gasteiger partial charge in [-0.2, -0.15) is 5.10 Å². The molecule has 132 valence electrons. The second-order valence-corrected chi connectivity index (χ2v) is 6.46. The maximum absolute atomic E-state index is 12.3. The summed E-state index contributed by atoms with van der Waals surface area (Å²) in [7, 11) is 0. The minimum absolute atomic E-state index is 0.262. The lowest BCUT2D eigenvalue weighted by Crippen LogP contribution is -2.39. The van der Waals surface area contributed by atoms with Gasteiger partial charge in [0.1, 0.15) is 0 Å². The third kappa shape index (κ3) is 4.17. The summed E-state index contributed by atoms with van der Waals surface area (Å²) in [5, 5.41) is 7.15. The van der Waals surface area contributed by atoms with E-state index in [-0.39, 0.29) is 12.0 Å². The summed E-state index contributed by atoms with van der Waals surface area (Å²) in [5.74, 6) is 0.0367. The van der Waals surface area contributed by atoms with Crippen molar-refractivity contribution in [2.45, 2.75) is 26.9 Å². The van der Waals surface area contributed by atoms with Crippen LogP contribution in [0.2, 0.25) is 0 Å². The highest BCUT2D eigenvalue weighted by Gasteiger charge is 2.25. The lowest BCUT2D eigenvalue weighted by molar-refractivity contribution is 0.0821. The van der Waals surface area contributed by atoms with Crippen LogP contribution < -0.4 is 5.32 Å². The molecule has 1 aliphatic heterocycles. The van der Waals surface area contributed by atoms with E-state index in [1.165, 1.54) is 0 Å². The summed E-state index contributed by atoms with van der Waals surface area (Å²) >= 11 is 0. The van der Waals surface area contributed by atoms with Gasteiger partial charge in [-0.05, 0) is 24.1 Å². The number of hydrogen-bond acceptors (Lipinski definition) is 4. The minimum Gasteiger partial charge on any atom is -0.449 e. The molecule has 0 aliphatic carbocycles. The van der Waals surface area contributed by atoms with E-state index in [0.717, 1.165) is 11.4 Å². The molecule has 0 fully saturated rings. The van der Waals surface area contributed by atoms with Gasteiger partial charge in [0.05, 0.1) is 25.4 Å². The number of ether oxygens (including phenoxy) is 1. The minimum atomic E-state index is -0.323. The molecular formula is C18H22N4O3. The summed E-state index contributed by atoms with van der Waals surface area (Å²) in [4.78, 5) is 26.1. The van der Waals surface area contributed by atoms with Crippen LogP contribution in [0.25, 0.3) is 0 Å². The van der Waals surface area contributed by atoms with E-state index in [9.17, 15) is 9.59 Å². The van der Waals surface area contributed by atoms with Crippen LogP contribution in [-0.4, -0.2) is 39.8 Å². The first kappa shape index (κ1) is 17.0. The van der Waals surface area contributed by atoms with Crippen molar-refractivity contribution in [2.24, 2.45) is 5.92 Å². The zero-order valence-corrected chi connectivity index (χ0v) is 14.4. The Bertz CT molecular complexity index is 755. The molecule has 1 N–H and O–H groups in total. The van der Waals surface area contributed by atoms with Crippen molar-refractivity contribution in [3.8, 4) is 0 Å². The molecule has 7 nitrogen and oxygen atoms in total. The zero-order chi connectivity index (χ0) is 17.8. The molecule has 0 bridgehead atoms. The topological polar surface area (TPSA) is 76.5 Å². The maximum Gasteiger partial charge on any atom is 0.410 e. The Morgan fingerprint density at radius 2 is 2.00 bits per heavy atom. The van der Waals surface area contributed by atoms with E-state index in [4.69, 9.17) is 4.74 Å². The summed E-state index contributed by atoms with van der Waals surface area (Å²) < 4.78 is 7.04. The molecule has 0 unspecified atom stereocenters. The standard InChI is InChI=1S/C18H22N4O3/c1-13(2)12-25-18(24)21-8-9-22-15(11-21)10-16(20-22)17(23)19-14-6-4-3-5-7-14/h3-7,10,13H,8-9,11-12H2,1-2H3,(H,19,23). The fourth-order valence-electron chi connectivity index (χ4n) is 2.58. The molecule has 25 heavy (non-hydrogen) atoms. The van der Waals surface area contributed by atoms with Crippen molar-refractivity contribution in [1.82, 2.24) is 14.7 Å². The molecule has 2 heterocycles. The van der Waals surface area contributed by atoms with E-state index < -0.39 is 0 Å². The number of amides is 2. The molecule has 0 saturated carbocycles. The summed E-state index contributed by atoms with van der Waals surface area (Å²) in [5.41, 5.74) is 1.89. The molecule has 0 saturated heterocycles. The third-order valence-electron chi connectivity index (χ3n) is 3.86. The normalized spacial score (nSPS) is 13.5. The predicted octanol–water partition coefficient (Wildman–Crippen LogP) is 2.74. The first-order valence-electron chi connectivity index (χ1n) is 8.38. The molecule has 2 aromatic rings. The fourth-order valence-corrected chi connectivity index (χ4v) is 2.58. The van der Waals surface area contributed by atoms with E-state index in [0.29, 0.717) is 37.9 Å². The Kier molecular flexibility index (Phi) is 5.02. The first-order chi connectivity index (χ1) is 12.0. The number of rotatable bonds is 4. The second-order valence-electron chi connectivity index (χ2n) is 6.46. The third-order valence-corrected chi connectivity index (χ3v) is 3.86. The van der Waals surface area contributed by atoms with Crippen LogP contribution in [0.3, 0.4) is 0 Å². The van der Waals surface area contributed by atoms with Crippen LogP contribution in [0.15, 0.2) is 36.4 Å². The number of hydrogen-bond donors (Lipinski definition) is 1. The highest BCUT2D eigenvalue weighted by molar-refractivity contribution is 6.02. The molecule has 3 rings (SSSR count). The van der Waals surface area contributed by atoms with E-state index in [1.807, 2.05) is 44.2 Å². The number of nitrogens with zero attached hydrogens (tertiary/aromatic N) is 3. The number of benzene rings is 1. The maximum atomic E-state index is 12.3. The Hall–Kier alpha value is -2.83. The van der Waals surface area contributed by atoms with Crippen molar-refractivity contribution in [3.63, 3.8) is 0 Å². The number of carbonyl (C=O) groups excluding carboxylic acids is 2. The molecule has 0 radical (unpaired) electrons. The number of para-hydroxylation sites is 1. The molecule has 0 atom stereocenters. The van der Waals surface area contributed by atoms with E-state index in [1.54, 1.807) is 15.6 Å². The zero-order valence-electron chi connectivity index (χ0n) is 14.4. The van der Waals surface area contributed by atoms with Crippen molar-refractivity contribution in [3.05, 3.63) is 47.8 Å². The molecule has 0 spiro atoms. The molecule has 7 heteroatoms. The van der Waals surface area contributed by atoms with Crippen LogP contribution >= 0.6 is 0 Å². The molecule has 1 aliphatic rings. The van der Waals surface area contributed by atoms with Crippen LogP contribution in [-0.2, 0) is 17.8 Å². The average Bonchev–Trinajstić information content (AvgIpc) is 3.04. The van der Waals surface area contributed by atoms with Gasteiger partial charge in [-0.1, -0.05) is 32.0 Å². The lowest BCUT2D eigenvalue weighted by Gasteiger charge is -2.27. The van der Waals surface area contributed by atoms with Gasteiger partial charge < -0.3 is 15.0 Å². The smallest absolute Gasteiger partial charge is 0.410 e. The van der Waals surface area contributed by atoms with E-state index >= 15 is 0 Å². The van der Waals surface area contributed by atoms with Crippen molar-refractivity contribution in [2.75, 3.05) is 18.5 Å². The van der Waals surface area contributed by atoms with Crippen LogP contribution in [0.1, 0.15) is 30.0 Å². The largest absolute Gasteiger partial charge is 0.449 e.